The van der Waals surface area contributed by atoms with Gasteiger partial charge in [-0.2, -0.15) is 0 Å². The number of hydrogen-bond donors (Lipinski definition) is 0. The quantitative estimate of drug-likeness (QED) is 0.838. The molecule has 24 heavy (non-hydrogen) atoms. The van der Waals surface area contributed by atoms with E-state index in [1.54, 1.807) is 0 Å². The van der Waals surface area contributed by atoms with Crippen LogP contribution < -0.4 is 4.90 Å². The fourth-order valence-corrected chi connectivity index (χ4v) is 4.72. The molecule has 126 valence electrons. The normalized spacial score (nSPS) is 19.7. The molecule has 1 fully saturated rings. The molecule has 1 saturated heterocycles. The van der Waals surface area contributed by atoms with Gasteiger partial charge in [-0.1, -0.05) is 36.0 Å². The Kier molecular flexibility index (Phi) is 4.53. The third kappa shape index (κ3) is 3.06. The number of fused-ring (bicyclic) bond motifs is 2. The maximum Gasteiger partial charge on any atom is 0.0553 e. The topological polar surface area (TPSA) is 9.72 Å². The summed E-state index contributed by atoms with van der Waals surface area (Å²) in [4.78, 5) is 10.3. The molecule has 0 N–H and O–H groups in total. The molecule has 4 rings (SSSR count). The molecular weight excluding hydrogens is 314 g/mol. The first-order chi connectivity index (χ1) is 11.7. The van der Waals surface area contributed by atoms with E-state index in [0.29, 0.717) is 6.04 Å². The van der Waals surface area contributed by atoms with Crippen LogP contribution >= 0.6 is 11.8 Å². The van der Waals surface area contributed by atoms with Gasteiger partial charge in [0, 0.05) is 48.6 Å². The Morgan fingerprint density at radius 2 is 1.42 bits per heavy atom. The second kappa shape index (κ2) is 6.79. The Morgan fingerprint density at radius 1 is 0.875 bits per heavy atom. The van der Waals surface area contributed by atoms with E-state index in [-0.39, 0.29) is 0 Å². The maximum absolute atomic E-state index is 2.63. The minimum atomic E-state index is 0.544. The summed E-state index contributed by atoms with van der Waals surface area (Å²) in [5.74, 6) is 0. The summed E-state index contributed by atoms with van der Waals surface area (Å²) >= 11 is 1.89. The molecule has 0 amide bonds. The van der Waals surface area contributed by atoms with E-state index in [1.165, 1.54) is 47.3 Å². The number of benzene rings is 2. The molecule has 0 bridgehead atoms. The van der Waals surface area contributed by atoms with Gasteiger partial charge in [-0.3, -0.25) is 4.90 Å². The van der Waals surface area contributed by atoms with Crippen LogP contribution in [0.25, 0.3) is 0 Å². The van der Waals surface area contributed by atoms with Crippen LogP contribution in [0.3, 0.4) is 0 Å². The van der Waals surface area contributed by atoms with Crippen LogP contribution in [0.2, 0.25) is 0 Å². The van der Waals surface area contributed by atoms with E-state index >= 15 is 0 Å². The second-order valence-electron chi connectivity index (χ2n) is 6.84. The Labute approximate surface area is 149 Å². The summed E-state index contributed by atoms with van der Waals surface area (Å²) in [5, 5.41) is 0. The molecule has 2 aromatic carbocycles. The summed E-state index contributed by atoms with van der Waals surface area (Å²) in [6, 6.07) is 18.1. The molecule has 0 radical (unpaired) electrons. The Bertz CT molecular complexity index is 664. The van der Waals surface area contributed by atoms with Gasteiger partial charge in [-0.25, -0.2) is 0 Å². The van der Waals surface area contributed by atoms with Gasteiger partial charge in [0.25, 0.3) is 0 Å². The van der Waals surface area contributed by atoms with Crippen LogP contribution in [0.5, 0.6) is 0 Å². The zero-order chi connectivity index (χ0) is 16.5. The molecule has 2 aliphatic heterocycles. The molecule has 1 unspecified atom stereocenters. The van der Waals surface area contributed by atoms with Crippen LogP contribution in [-0.2, 0) is 0 Å². The molecule has 4 heteroatoms. The van der Waals surface area contributed by atoms with E-state index in [2.05, 4.69) is 77.2 Å². The lowest BCUT2D eigenvalue weighted by Crippen LogP contribution is -2.51. The highest BCUT2D eigenvalue weighted by Crippen LogP contribution is 2.47. The molecule has 3 nitrogen and oxygen atoms in total. The van der Waals surface area contributed by atoms with E-state index in [1.807, 2.05) is 11.8 Å². The number of rotatable bonds is 3. The first-order valence-electron chi connectivity index (χ1n) is 8.78. The highest BCUT2D eigenvalue weighted by Gasteiger charge is 2.27. The lowest BCUT2D eigenvalue weighted by atomic mass is 10.1. The van der Waals surface area contributed by atoms with Crippen molar-refractivity contribution in [3.8, 4) is 0 Å². The first kappa shape index (κ1) is 16.0. The summed E-state index contributed by atoms with van der Waals surface area (Å²) in [6.45, 7) is 8.10. The number of para-hydroxylation sites is 2. The molecule has 0 spiro atoms. The molecule has 2 aliphatic rings. The van der Waals surface area contributed by atoms with Crippen molar-refractivity contribution in [3.05, 3.63) is 48.5 Å². The first-order valence-corrected chi connectivity index (χ1v) is 9.60. The van der Waals surface area contributed by atoms with Crippen molar-refractivity contribution >= 4 is 23.1 Å². The SMILES string of the molecule is CC(CN1c2ccccc2Sc2ccccc21)N1CCN(C)CC1. The zero-order valence-corrected chi connectivity index (χ0v) is 15.3. The molecule has 1 atom stereocenters. The van der Waals surface area contributed by atoms with Gasteiger partial charge in [0.15, 0.2) is 0 Å². The molecule has 0 saturated carbocycles. The van der Waals surface area contributed by atoms with Crippen molar-refractivity contribution in [3.63, 3.8) is 0 Å². The average molecular weight is 340 g/mol. The second-order valence-corrected chi connectivity index (χ2v) is 7.92. The van der Waals surface area contributed by atoms with Gasteiger partial charge in [0.2, 0.25) is 0 Å². The van der Waals surface area contributed by atoms with Crippen LogP contribution in [0.4, 0.5) is 11.4 Å². The predicted molar refractivity (Wildman–Crippen MR) is 103 cm³/mol. The number of nitrogens with zero attached hydrogens (tertiary/aromatic N) is 3. The summed E-state index contributed by atoms with van der Waals surface area (Å²) in [5.41, 5.74) is 2.70. The molecule has 0 aromatic heterocycles. The molecule has 2 heterocycles. The highest BCUT2D eigenvalue weighted by atomic mass is 32.2. The van der Waals surface area contributed by atoms with E-state index < -0.39 is 0 Å². The molecular formula is C20H25N3S. The smallest absolute Gasteiger partial charge is 0.0553 e. The number of anilines is 2. The van der Waals surface area contributed by atoms with Gasteiger partial charge in [0.05, 0.1) is 11.4 Å². The molecule has 2 aromatic rings. The highest BCUT2D eigenvalue weighted by molar-refractivity contribution is 7.99. The Morgan fingerprint density at radius 3 is 2.00 bits per heavy atom. The minimum Gasteiger partial charge on any atom is -0.338 e. The van der Waals surface area contributed by atoms with Crippen molar-refractivity contribution in [1.82, 2.24) is 9.80 Å². The third-order valence-corrected chi connectivity index (χ3v) is 6.27. The van der Waals surface area contributed by atoms with Crippen LogP contribution in [0.15, 0.2) is 58.3 Å². The monoisotopic (exact) mass is 339 g/mol. The van der Waals surface area contributed by atoms with Crippen molar-refractivity contribution in [2.24, 2.45) is 0 Å². The number of likely N-dealkylation sites (N-methyl/N-ethyl adjacent to an activating group) is 1. The van der Waals surface area contributed by atoms with E-state index in [0.717, 1.165) is 6.54 Å². The zero-order valence-electron chi connectivity index (χ0n) is 14.5. The average Bonchev–Trinajstić information content (AvgIpc) is 2.62. The van der Waals surface area contributed by atoms with Gasteiger partial charge in [-0.15, -0.1) is 0 Å². The van der Waals surface area contributed by atoms with Crippen LogP contribution in [0.1, 0.15) is 6.92 Å². The minimum absolute atomic E-state index is 0.544. The standard InChI is InChI=1S/C20H25N3S/c1-16(22-13-11-21(2)12-14-22)15-23-17-7-3-5-9-19(17)24-20-10-6-4-8-18(20)23/h3-10,16H,11-15H2,1-2H3. The lowest BCUT2D eigenvalue weighted by molar-refractivity contribution is 0.122. The fraction of sp³-hybridized carbons (Fsp3) is 0.400. The van der Waals surface area contributed by atoms with E-state index in [4.69, 9.17) is 0 Å². The maximum atomic E-state index is 2.63. The van der Waals surface area contributed by atoms with Crippen LogP contribution in [-0.4, -0.2) is 55.6 Å². The van der Waals surface area contributed by atoms with Gasteiger partial charge >= 0.3 is 0 Å². The van der Waals surface area contributed by atoms with Crippen molar-refractivity contribution in [2.75, 3.05) is 44.7 Å². The number of hydrogen-bond acceptors (Lipinski definition) is 4. The summed E-state index contributed by atoms with van der Waals surface area (Å²) in [7, 11) is 2.22. The third-order valence-electron chi connectivity index (χ3n) is 5.14. The van der Waals surface area contributed by atoms with Gasteiger partial charge < -0.3 is 9.80 Å². The predicted octanol–water partition coefficient (Wildman–Crippen LogP) is 3.93. The summed E-state index contributed by atoms with van der Waals surface area (Å²) in [6.07, 6.45) is 0. The summed E-state index contributed by atoms with van der Waals surface area (Å²) < 4.78 is 0. The Balaban J connectivity index is 1.60. The van der Waals surface area contributed by atoms with Crippen molar-refractivity contribution < 1.29 is 0 Å². The van der Waals surface area contributed by atoms with Crippen molar-refractivity contribution in [1.29, 1.82) is 0 Å². The lowest BCUT2D eigenvalue weighted by Gasteiger charge is -2.40. The molecule has 0 aliphatic carbocycles. The van der Waals surface area contributed by atoms with Gasteiger partial charge in [-0.05, 0) is 38.2 Å². The van der Waals surface area contributed by atoms with Crippen LogP contribution in [0, 0.1) is 0 Å². The number of piperazine rings is 1. The van der Waals surface area contributed by atoms with Gasteiger partial charge in [0.1, 0.15) is 0 Å². The van der Waals surface area contributed by atoms with Crippen molar-refractivity contribution in [2.45, 2.75) is 22.8 Å². The largest absolute Gasteiger partial charge is 0.338 e. The Hall–Kier alpha value is -1.49. The van der Waals surface area contributed by atoms with E-state index in [9.17, 15) is 0 Å². The fourth-order valence-electron chi connectivity index (χ4n) is 3.62.